The normalized spacial score (nSPS) is 13.9. The number of nitrogens with one attached hydrogen (secondary N) is 1. The van der Waals surface area contributed by atoms with Gasteiger partial charge in [0.05, 0.1) is 39.9 Å². The zero-order valence-corrected chi connectivity index (χ0v) is 47.3. The number of hydrogen-bond donors (Lipinski definition) is 3. The summed E-state index contributed by atoms with van der Waals surface area (Å²) < 4.78 is 23.8. The molecular weight excluding hydrogens is 864 g/mol. The number of quaternary nitrogens is 1. The van der Waals surface area contributed by atoms with E-state index in [2.05, 4.69) is 31.3 Å². The number of rotatable bonds is 56. The van der Waals surface area contributed by atoms with E-state index in [0.717, 1.165) is 38.5 Å². The van der Waals surface area contributed by atoms with Crippen LogP contribution in [-0.2, 0) is 18.4 Å². The molecule has 9 heteroatoms. The van der Waals surface area contributed by atoms with E-state index in [1.165, 1.54) is 244 Å². The Hall–Kier alpha value is -0.760. The van der Waals surface area contributed by atoms with Crippen LogP contribution in [0.3, 0.4) is 0 Å². The van der Waals surface area contributed by atoms with Gasteiger partial charge in [0, 0.05) is 6.42 Å². The molecule has 0 aromatic carbocycles. The lowest BCUT2D eigenvalue weighted by Crippen LogP contribution is -2.46. The highest BCUT2D eigenvalue weighted by Crippen LogP contribution is 2.43. The van der Waals surface area contributed by atoms with Crippen LogP contribution in [0.25, 0.3) is 0 Å². The number of unbranched alkanes of at least 4 members (excludes halogenated alkanes) is 41. The largest absolute Gasteiger partial charge is 0.472 e. The van der Waals surface area contributed by atoms with Crippen LogP contribution in [0.2, 0.25) is 0 Å². The second-order valence-corrected chi connectivity index (χ2v) is 23.5. The Bertz CT molecular complexity index is 1120. The smallest absolute Gasteiger partial charge is 0.391 e. The van der Waals surface area contributed by atoms with Gasteiger partial charge in [-0.1, -0.05) is 276 Å². The molecule has 68 heavy (non-hydrogen) atoms. The summed E-state index contributed by atoms with van der Waals surface area (Å²) in [5.74, 6) is -0.141. The number of allylic oxidation sites excluding steroid dienone is 2. The SMILES string of the molecule is CCCCCCCC/C=C\CCCCCCCCCCCC(=O)NC(COP(=O)(O)OCC[N+](C)(C)C)C(O)CCCCCCCCCCCCCCCCCCCCCCCCCCCCC. The van der Waals surface area contributed by atoms with Crippen molar-refractivity contribution in [3.63, 3.8) is 0 Å². The van der Waals surface area contributed by atoms with Crippen molar-refractivity contribution in [1.82, 2.24) is 5.32 Å². The standard InChI is InChI=1S/C59H119N2O6P/c1-6-8-10-12-14-16-18-20-22-24-26-27-28-29-30-31-32-33-35-36-38-40-42-44-46-48-50-52-58(62)57(56-67-68(64,65)66-55-54-61(3,4)5)60-59(63)53-51-49-47-45-43-41-39-37-34-25-23-21-19-17-15-13-11-9-7-2/h21,23,57-58,62H,6-20,22,24-56H2,1-5H3,(H-,60,63,64,65)/p+1/b23-21-. The number of nitrogens with zero attached hydrogens (tertiary/aromatic N) is 1. The lowest BCUT2D eigenvalue weighted by atomic mass is 10.0. The van der Waals surface area contributed by atoms with Gasteiger partial charge in [0.2, 0.25) is 5.91 Å². The zero-order valence-electron chi connectivity index (χ0n) is 46.4. The molecule has 3 unspecified atom stereocenters. The van der Waals surface area contributed by atoms with Crippen LogP contribution in [0.15, 0.2) is 12.2 Å². The molecule has 0 rings (SSSR count). The molecule has 0 aromatic rings. The Morgan fingerprint density at radius 2 is 0.794 bits per heavy atom. The van der Waals surface area contributed by atoms with Crippen molar-refractivity contribution < 1.29 is 32.9 Å². The van der Waals surface area contributed by atoms with Crippen LogP contribution in [0.1, 0.15) is 309 Å². The van der Waals surface area contributed by atoms with Crippen molar-refractivity contribution in [3.05, 3.63) is 12.2 Å². The molecular formula is C59H120N2O6P+. The van der Waals surface area contributed by atoms with E-state index in [1.807, 2.05) is 21.1 Å². The molecule has 0 fully saturated rings. The van der Waals surface area contributed by atoms with Crippen LogP contribution < -0.4 is 5.32 Å². The molecule has 0 heterocycles. The Morgan fingerprint density at radius 3 is 1.13 bits per heavy atom. The highest BCUT2D eigenvalue weighted by Gasteiger charge is 2.28. The van der Waals surface area contributed by atoms with E-state index in [9.17, 15) is 19.4 Å². The Labute approximate surface area is 424 Å². The van der Waals surface area contributed by atoms with E-state index in [0.29, 0.717) is 23.9 Å². The van der Waals surface area contributed by atoms with Crippen LogP contribution in [-0.4, -0.2) is 73.4 Å². The molecule has 0 aromatic heterocycles. The first-order chi connectivity index (χ1) is 33.0. The van der Waals surface area contributed by atoms with Crippen molar-refractivity contribution in [2.45, 2.75) is 321 Å². The topological polar surface area (TPSA) is 105 Å². The number of carbonyl (C=O) groups excluding carboxylic acids is 1. The summed E-state index contributed by atoms with van der Waals surface area (Å²) in [6.07, 6.45) is 62.7. The molecule has 0 spiro atoms. The average molecular weight is 985 g/mol. The van der Waals surface area contributed by atoms with Gasteiger partial charge >= 0.3 is 7.82 Å². The number of amides is 1. The zero-order chi connectivity index (χ0) is 49.9. The van der Waals surface area contributed by atoms with Gasteiger partial charge in [0.15, 0.2) is 0 Å². The van der Waals surface area contributed by atoms with Gasteiger partial charge in [-0.2, -0.15) is 0 Å². The van der Waals surface area contributed by atoms with E-state index < -0.39 is 20.0 Å². The fraction of sp³-hybridized carbons (Fsp3) is 0.949. The highest BCUT2D eigenvalue weighted by molar-refractivity contribution is 7.47. The Balaban J connectivity index is 4.09. The predicted molar refractivity (Wildman–Crippen MR) is 295 cm³/mol. The summed E-state index contributed by atoms with van der Waals surface area (Å²) in [5.41, 5.74) is 0. The molecule has 3 N–H and O–H groups in total. The van der Waals surface area contributed by atoms with Crippen LogP contribution in [0, 0.1) is 0 Å². The van der Waals surface area contributed by atoms with Crippen molar-refractivity contribution in [2.24, 2.45) is 0 Å². The minimum Gasteiger partial charge on any atom is -0.391 e. The Morgan fingerprint density at radius 1 is 0.485 bits per heavy atom. The molecule has 0 aliphatic carbocycles. The first-order valence-corrected chi connectivity index (χ1v) is 31.5. The van der Waals surface area contributed by atoms with Gasteiger partial charge in [-0.15, -0.1) is 0 Å². The van der Waals surface area contributed by atoms with Gasteiger partial charge in [-0.05, 0) is 38.5 Å². The van der Waals surface area contributed by atoms with Gasteiger partial charge in [-0.3, -0.25) is 13.8 Å². The van der Waals surface area contributed by atoms with E-state index in [1.54, 1.807) is 0 Å². The molecule has 0 aliphatic heterocycles. The fourth-order valence-electron chi connectivity index (χ4n) is 9.28. The van der Waals surface area contributed by atoms with Crippen molar-refractivity contribution >= 4 is 13.7 Å². The number of likely N-dealkylation sites (N-methyl/N-ethyl adjacent to an activating group) is 1. The van der Waals surface area contributed by atoms with Crippen LogP contribution in [0.5, 0.6) is 0 Å². The second-order valence-electron chi connectivity index (χ2n) is 22.1. The summed E-state index contributed by atoms with van der Waals surface area (Å²) in [6, 6.07) is -0.759. The maximum absolute atomic E-state index is 13.0. The Kier molecular flexibility index (Phi) is 50.6. The molecule has 0 bridgehead atoms. The van der Waals surface area contributed by atoms with Gasteiger partial charge in [-0.25, -0.2) is 4.57 Å². The second kappa shape index (κ2) is 51.2. The van der Waals surface area contributed by atoms with E-state index in [-0.39, 0.29) is 19.1 Å². The minimum atomic E-state index is -4.32. The third kappa shape index (κ3) is 53.0. The van der Waals surface area contributed by atoms with Crippen molar-refractivity contribution in [3.8, 4) is 0 Å². The number of phosphoric acid groups is 1. The number of hydrogen-bond acceptors (Lipinski definition) is 5. The molecule has 0 aliphatic rings. The first-order valence-electron chi connectivity index (χ1n) is 30.1. The lowest BCUT2D eigenvalue weighted by Gasteiger charge is -2.26. The average Bonchev–Trinajstić information content (AvgIpc) is 3.30. The summed E-state index contributed by atoms with van der Waals surface area (Å²) in [5, 5.41) is 14.1. The van der Waals surface area contributed by atoms with Crippen LogP contribution >= 0.6 is 7.82 Å². The summed E-state index contributed by atoms with van der Waals surface area (Å²) >= 11 is 0. The third-order valence-electron chi connectivity index (χ3n) is 14.0. The molecule has 0 radical (unpaired) electrons. The molecule has 1 amide bonds. The van der Waals surface area contributed by atoms with E-state index in [4.69, 9.17) is 9.05 Å². The summed E-state index contributed by atoms with van der Waals surface area (Å²) in [4.78, 5) is 23.3. The quantitative estimate of drug-likeness (QED) is 0.0243. The van der Waals surface area contributed by atoms with Crippen molar-refractivity contribution in [2.75, 3.05) is 40.9 Å². The summed E-state index contributed by atoms with van der Waals surface area (Å²) in [6.45, 7) is 4.93. The van der Waals surface area contributed by atoms with Crippen molar-refractivity contribution in [1.29, 1.82) is 0 Å². The van der Waals surface area contributed by atoms with Gasteiger partial charge in [0.25, 0.3) is 0 Å². The van der Waals surface area contributed by atoms with Crippen LogP contribution in [0.4, 0.5) is 0 Å². The molecule has 3 atom stereocenters. The molecule has 0 saturated heterocycles. The van der Waals surface area contributed by atoms with E-state index >= 15 is 0 Å². The monoisotopic (exact) mass is 984 g/mol. The maximum atomic E-state index is 13.0. The number of aliphatic hydroxyl groups is 1. The highest BCUT2D eigenvalue weighted by atomic mass is 31.2. The maximum Gasteiger partial charge on any atom is 0.472 e. The number of aliphatic hydroxyl groups excluding tert-OH is 1. The number of phosphoric ester groups is 1. The summed E-state index contributed by atoms with van der Waals surface area (Å²) in [7, 11) is 1.63. The van der Waals surface area contributed by atoms with Gasteiger partial charge in [0.1, 0.15) is 13.2 Å². The molecule has 406 valence electrons. The third-order valence-corrected chi connectivity index (χ3v) is 15.0. The fourth-order valence-corrected chi connectivity index (χ4v) is 10.0. The predicted octanol–water partition coefficient (Wildman–Crippen LogP) is 18.2. The molecule has 0 saturated carbocycles. The number of carbonyl (C=O) groups is 1. The van der Waals surface area contributed by atoms with Gasteiger partial charge < -0.3 is 19.8 Å². The minimum absolute atomic E-state index is 0.0769. The first kappa shape index (κ1) is 67.2. The molecule has 8 nitrogen and oxygen atoms in total. The lowest BCUT2D eigenvalue weighted by molar-refractivity contribution is -0.870.